The molecule has 6 heteroatoms. The van der Waals surface area contributed by atoms with Crippen molar-refractivity contribution in [3.63, 3.8) is 0 Å². The van der Waals surface area contributed by atoms with Crippen molar-refractivity contribution in [1.82, 2.24) is 9.69 Å². The number of nitrogens with zero attached hydrogens (tertiary/aromatic N) is 1. The van der Waals surface area contributed by atoms with Gasteiger partial charge >= 0.3 is 0 Å². The summed E-state index contributed by atoms with van der Waals surface area (Å²) in [6.45, 7) is 3.91. The van der Waals surface area contributed by atoms with E-state index in [2.05, 4.69) is 9.69 Å². The highest BCUT2D eigenvalue weighted by atomic mass is 32.2. The molecule has 0 aliphatic rings. The molecule has 1 rings (SSSR count). The Morgan fingerprint density at radius 2 is 2.07 bits per heavy atom. The molecular weight excluding hydrogens is 248 g/mol. The Morgan fingerprint density at radius 3 is 2.53 bits per heavy atom. The van der Waals surface area contributed by atoms with E-state index in [9.17, 15) is 4.79 Å². The van der Waals surface area contributed by atoms with Crippen LogP contribution < -0.4 is 5.32 Å². The maximum absolute atomic E-state index is 11.9. The van der Waals surface area contributed by atoms with Gasteiger partial charge in [-0.05, 0) is 37.9 Å². The van der Waals surface area contributed by atoms with Crippen LogP contribution in [0.4, 0.5) is 0 Å². The number of nitrogens with one attached hydrogen (secondary N) is 1. The molecule has 0 saturated carbocycles. The van der Waals surface area contributed by atoms with Crippen LogP contribution in [0.15, 0.2) is 9.24 Å². The Balaban J connectivity index is 2.99. The second-order valence-electron chi connectivity index (χ2n) is 3.19. The Bertz CT molecular complexity index is 328. The minimum Gasteiger partial charge on any atom is -0.350 e. The largest absolute Gasteiger partial charge is 0.350 e. The minimum absolute atomic E-state index is 0.0209. The predicted octanol–water partition coefficient (Wildman–Crippen LogP) is 2.73. The molecule has 0 aliphatic heterocycles. The summed E-state index contributed by atoms with van der Waals surface area (Å²) in [5, 5.41) is 3.72. The maximum Gasteiger partial charge on any atom is 0.256 e. The third kappa shape index (κ3) is 3.12. The van der Waals surface area contributed by atoms with Crippen molar-refractivity contribution in [2.75, 3.05) is 12.5 Å². The highest BCUT2D eigenvalue weighted by Crippen LogP contribution is 2.32. The Labute approximate surface area is 103 Å². The summed E-state index contributed by atoms with van der Waals surface area (Å²) in [4.78, 5) is 11.9. The van der Waals surface area contributed by atoms with Gasteiger partial charge in [0, 0.05) is 6.04 Å². The van der Waals surface area contributed by atoms with E-state index in [1.54, 1.807) is 11.8 Å². The van der Waals surface area contributed by atoms with Crippen LogP contribution in [0.5, 0.6) is 0 Å². The van der Waals surface area contributed by atoms with E-state index < -0.39 is 0 Å². The van der Waals surface area contributed by atoms with E-state index in [0.29, 0.717) is 0 Å². The number of amides is 1. The van der Waals surface area contributed by atoms with Gasteiger partial charge in [0.15, 0.2) is 0 Å². The number of thioether (sulfide) groups is 2. The van der Waals surface area contributed by atoms with Gasteiger partial charge in [-0.2, -0.15) is 4.37 Å². The molecule has 84 valence electrons. The van der Waals surface area contributed by atoms with Crippen molar-refractivity contribution in [3.8, 4) is 0 Å². The highest BCUT2D eigenvalue weighted by Gasteiger charge is 2.20. The highest BCUT2D eigenvalue weighted by molar-refractivity contribution is 8.01. The van der Waals surface area contributed by atoms with Gasteiger partial charge < -0.3 is 5.32 Å². The lowest BCUT2D eigenvalue weighted by Crippen LogP contribution is -2.30. The fourth-order valence-corrected chi connectivity index (χ4v) is 3.34. The second-order valence-corrected chi connectivity index (χ2v) is 5.83. The van der Waals surface area contributed by atoms with Gasteiger partial charge in [0.25, 0.3) is 5.91 Å². The third-order valence-corrected chi connectivity index (χ3v) is 4.40. The molecular formula is C9H14N2OS3. The van der Waals surface area contributed by atoms with Gasteiger partial charge in [-0.3, -0.25) is 4.79 Å². The van der Waals surface area contributed by atoms with E-state index in [4.69, 9.17) is 0 Å². The summed E-state index contributed by atoms with van der Waals surface area (Å²) in [6.07, 6.45) is 3.90. The van der Waals surface area contributed by atoms with E-state index >= 15 is 0 Å². The van der Waals surface area contributed by atoms with Gasteiger partial charge in [0.2, 0.25) is 0 Å². The molecule has 0 aromatic carbocycles. The van der Waals surface area contributed by atoms with Crippen LogP contribution in [0.1, 0.15) is 24.2 Å². The van der Waals surface area contributed by atoms with Crippen LogP contribution in [0.3, 0.4) is 0 Å². The molecule has 0 unspecified atom stereocenters. The van der Waals surface area contributed by atoms with Gasteiger partial charge in [-0.15, -0.1) is 23.5 Å². The monoisotopic (exact) mass is 262 g/mol. The Kier molecular flexibility index (Phi) is 4.95. The molecule has 1 aromatic heterocycles. The molecule has 1 heterocycles. The molecule has 0 aliphatic carbocycles. The number of rotatable bonds is 4. The first-order valence-electron chi connectivity index (χ1n) is 4.48. The molecule has 1 N–H and O–H groups in total. The number of hydrogen-bond donors (Lipinski definition) is 1. The van der Waals surface area contributed by atoms with Crippen molar-refractivity contribution < 1.29 is 4.79 Å². The smallest absolute Gasteiger partial charge is 0.256 e. The number of carbonyl (C=O) groups excluding carboxylic acids is 1. The predicted molar refractivity (Wildman–Crippen MR) is 68.3 cm³/mol. The summed E-state index contributed by atoms with van der Waals surface area (Å²) in [5.74, 6) is -0.0209. The zero-order chi connectivity index (χ0) is 11.4. The van der Waals surface area contributed by atoms with Crippen LogP contribution in [0.25, 0.3) is 0 Å². The summed E-state index contributed by atoms with van der Waals surface area (Å²) < 4.78 is 5.24. The topological polar surface area (TPSA) is 42.0 Å². The molecule has 1 aromatic rings. The standard InChI is InChI=1S/C9H14N2OS3/c1-5(2)10-7(12)6-8(13-3)11-15-9(6)14-4/h5H,1-4H3,(H,10,12). The molecule has 0 radical (unpaired) electrons. The summed E-state index contributed by atoms with van der Waals surface area (Å²) in [6, 6.07) is 0.154. The Morgan fingerprint density at radius 1 is 1.40 bits per heavy atom. The number of aromatic nitrogens is 1. The number of carbonyl (C=O) groups is 1. The van der Waals surface area contributed by atoms with Crippen LogP contribution in [-0.2, 0) is 0 Å². The maximum atomic E-state index is 11.9. The first-order valence-corrected chi connectivity index (χ1v) is 7.71. The van der Waals surface area contributed by atoms with Crippen molar-refractivity contribution in [2.24, 2.45) is 0 Å². The quantitative estimate of drug-likeness (QED) is 0.847. The normalized spacial score (nSPS) is 10.7. The first-order chi connectivity index (χ1) is 7.10. The average molecular weight is 262 g/mol. The lowest BCUT2D eigenvalue weighted by atomic mass is 10.3. The van der Waals surface area contributed by atoms with Gasteiger partial charge in [-0.1, -0.05) is 0 Å². The lowest BCUT2D eigenvalue weighted by molar-refractivity contribution is 0.0937. The fraction of sp³-hybridized carbons (Fsp3) is 0.556. The third-order valence-electron chi connectivity index (χ3n) is 1.66. The van der Waals surface area contributed by atoms with E-state index in [-0.39, 0.29) is 11.9 Å². The van der Waals surface area contributed by atoms with Crippen LogP contribution in [0.2, 0.25) is 0 Å². The van der Waals surface area contributed by atoms with Crippen molar-refractivity contribution in [2.45, 2.75) is 29.1 Å². The van der Waals surface area contributed by atoms with Crippen molar-refractivity contribution in [3.05, 3.63) is 5.56 Å². The molecule has 0 atom stereocenters. The fourth-order valence-electron chi connectivity index (χ4n) is 1.06. The van der Waals surface area contributed by atoms with Crippen molar-refractivity contribution >= 4 is 41.0 Å². The summed E-state index contributed by atoms with van der Waals surface area (Å²) in [5.41, 5.74) is 0.730. The molecule has 0 spiro atoms. The van der Waals surface area contributed by atoms with Crippen LogP contribution in [0, 0.1) is 0 Å². The van der Waals surface area contributed by atoms with Crippen molar-refractivity contribution in [1.29, 1.82) is 0 Å². The Hall–Kier alpha value is -0.200. The van der Waals surface area contributed by atoms with E-state index in [1.165, 1.54) is 23.3 Å². The molecule has 0 saturated heterocycles. The van der Waals surface area contributed by atoms with Gasteiger partial charge in [-0.25, -0.2) is 0 Å². The van der Waals surface area contributed by atoms with Crippen LogP contribution >= 0.6 is 35.1 Å². The zero-order valence-corrected chi connectivity index (χ0v) is 11.6. The lowest BCUT2D eigenvalue weighted by Gasteiger charge is -2.08. The molecule has 15 heavy (non-hydrogen) atoms. The van der Waals surface area contributed by atoms with E-state index in [1.807, 2.05) is 26.4 Å². The summed E-state index contributed by atoms with van der Waals surface area (Å²) in [7, 11) is 0. The number of hydrogen-bond acceptors (Lipinski definition) is 5. The van der Waals surface area contributed by atoms with E-state index in [0.717, 1.165) is 14.8 Å². The summed E-state index contributed by atoms with van der Waals surface area (Å²) >= 11 is 4.47. The molecule has 3 nitrogen and oxygen atoms in total. The SMILES string of the molecule is CSc1nsc(SC)c1C(=O)NC(C)C. The van der Waals surface area contributed by atoms with Crippen LogP contribution in [-0.4, -0.2) is 28.8 Å². The molecule has 0 bridgehead atoms. The van der Waals surface area contributed by atoms with Gasteiger partial charge in [0.1, 0.15) is 5.03 Å². The second kappa shape index (κ2) is 5.77. The molecule has 0 fully saturated rings. The average Bonchev–Trinajstić information content (AvgIpc) is 2.58. The minimum atomic E-state index is -0.0209. The van der Waals surface area contributed by atoms with Gasteiger partial charge in [0.05, 0.1) is 9.77 Å². The molecule has 1 amide bonds. The first kappa shape index (κ1) is 12.9. The zero-order valence-electron chi connectivity index (χ0n) is 9.16.